The van der Waals surface area contributed by atoms with Gasteiger partial charge in [0.2, 0.25) is 0 Å². The molecule has 0 saturated heterocycles. The van der Waals surface area contributed by atoms with Crippen molar-refractivity contribution < 1.29 is 0 Å². The molecule has 0 aliphatic carbocycles. The van der Waals surface area contributed by atoms with Crippen molar-refractivity contribution in [2.75, 3.05) is 6.54 Å². The van der Waals surface area contributed by atoms with E-state index in [-0.39, 0.29) is 0 Å². The minimum absolute atomic E-state index is 1.02. The topological polar surface area (TPSA) is 12.0 Å². The van der Waals surface area contributed by atoms with Gasteiger partial charge in [-0.05, 0) is 27.0 Å². The number of allylic oxidation sites excluding steroid dienone is 2. The molecule has 0 bridgehead atoms. The lowest BCUT2D eigenvalue weighted by molar-refractivity contribution is 0.917. The number of hydrogen-bond donors (Lipinski definition) is 1. The second-order valence-corrected chi connectivity index (χ2v) is 1.47. The summed E-state index contributed by atoms with van der Waals surface area (Å²) in [5.41, 5.74) is 0. The van der Waals surface area contributed by atoms with Crippen molar-refractivity contribution in [2.24, 2.45) is 0 Å². The van der Waals surface area contributed by atoms with Crippen LogP contribution in [0.3, 0.4) is 0 Å². The predicted octanol–water partition coefficient (Wildman–Crippen LogP) is 3.35. The lowest BCUT2D eigenvalue weighted by Gasteiger charge is -1.85. The molecule has 0 heterocycles. The van der Waals surface area contributed by atoms with Gasteiger partial charge in [-0.1, -0.05) is 26.0 Å². The van der Waals surface area contributed by atoms with Gasteiger partial charge in [0.1, 0.15) is 0 Å². The molecule has 1 nitrogen and oxygen atoms in total. The molecule has 0 radical (unpaired) electrons. The van der Waals surface area contributed by atoms with Crippen LogP contribution in [-0.2, 0) is 0 Å². The quantitative estimate of drug-likeness (QED) is 0.606. The van der Waals surface area contributed by atoms with E-state index >= 15 is 0 Å². The zero-order valence-electron chi connectivity index (χ0n) is 8.65. The van der Waals surface area contributed by atoms with Gasteiger partial charge in [0.25, 0.3) is 0 Å². The summed E-state index contributed by atoms with van der Waals surface area (Å²) in [4.78, 5) is 0. The fourth-order valence-electron chi connectivity index (χ4n) is 0.236. The molecular weight excluding hydrogens is 134 g/mol. The summed E-state index contributed by atoms with van der Waals surface area (Å²) in [6, 6.07) is 0. The third-order valence-corrected chi connectivity index (χ3v) is 0.489. The van der Waals surface area contributed by atoms with Gasteiger partial charge in [0.15, 0.2) is 0 Å². The number of nitrogens with one attached hydrogen (secondary N) is 1. The van der Waals surface area contributed by atoms with E-state index < -0.39 is 0 Å². The van der Waals surface area contributed by atoms with E-state index in [1.807, 2.05) is 40.0 Å². The second kappa shape index (κ2) is 34.7. The van der Waals surface area contributed by atoms with Gasteiger partial charge in [-0.2, -0.15) is 0 Å². The Morgan fingerprint density at radius 3 is 1.73 bits per heavy atom. The summed E-state index contributed by atoms with van der Waals surface area (Å²) in [6.45, 7) is 14.3. The largest absolute Gasteiger partial charge is 0.391 e. The van der Waals surface area contributed by atoms with Gasteiger partial charge in [0.05, 0.1) is 0 Å². The van der Waals surface area contributed by atoms with E-state index in [9.17, 15) is 0 Å². The fourth-order valence-corrected chi connectivity index (χ4v) is 0.236. The molecule has 0 atom stereocenters. The van der Waals surface area contributed by atoms with Crippen LogP contribution in [0.25, 0.3) is 0 Å². The highest BCUT2D eigenvalue weighted by Gasteiger charge is 1.58. The van der Waals surface area contributed by atoms with Gasteiger partial charge < -0.3 is 5.32 Å². The highest BCUT2D eigenvalue weighted by molar-refractivity contribution is 4.72. The minimum Gasteiger partial charge on any atom is -0.391 e. The van der Waals surface area contributed by atoms with Crippen LogP contribution < -0.4 is 5.32 Å². The van der Waals surface area contributed by atoms with E-state index in [2.05, 4.69) is 18.8 Å². The molecular formula is C10H23N. The second-order valence-electron chi connectivity index (χ2n) is 1.47. The third-order valence-electron chi connectivity index (χ3n) is 0.489. The maximum absolute atomic E-state index is 3.36. The van der Waals surface area contributed by atoms with Crippen LogP contribution >= 0.6 is 0 Å². The SMILES string of the molecule is C/C=C/NCC.C=CC.CC. The molecule has 0 spiro atoms. The van der Waals surface area contributed by atoms with Gasteiger partial charge in [-0.25, -0.2) is 0 Å². The molecule has 1 N–H and O–H groups in total. The summed E-state index contributed by atoms with van der Waals surface area (Å²) in [6.07, 6.45) is 5.66. The first-order chi connectivity index (χ1) is 5.33. The van der Waals surface area contributed by atoms with Crippen LogP contribution in [0, 0.1) is 0 Å². The first-order valence-electron chi connectivity index (χ1n) is 4.25. The molecule has 0 aromatic rings. The summed E-state index contributed by atoms with van der Waals surface area (Å²) in [5.74, 6) is 0. The molecule has 1 heteroatoms. The smallest absolute Gasteiger partial charge is 0.0112 e. The van der Waals surface area contributed by atoms with Crippen LogP contribution in [0.5, 0.6) is 0 Å². The first-order valence-corrected chi connectivity index (χ1v) is 4.25. The summed E-state index contributed by atoms with van der Waals surface area (Å²) < 4.78 is 0. The molecule has 0 unspecified atom stereocenters. The highest BCUT2D eigenvalue weighted by Crippen LogP contribution is 1.58. The Kier molecular flexibility index (Phi) is 52.7. The maximum Gasteiger partial charge on any atom is 0.0112 e. The van der Waals surface area contributed by atoms with Crippen molar-refractivity contribution in [2.45, 2.75) is 34.6 Å². The van der Waals surface area contributed by atoms with E-state index in [0.717, 1.165) is 6.54 Å². The minimum atomic E-state index is 1.02. The standard InChI is InChI=1S/C5H11N.C3H6.C2H6/c1-3-5-6-4-2;1-3-2;1-2/h3,5-6H,4H2,1-2H3;3H,1H2,2H3;1-2H3/b5-3+;;. The molecule has 0 fully saturated rings. The Balaban J connectivity index is -0.000000109. The van der Waals surface area contributed by atoms with Crippen LogP contribution in [0.2, 0.25) is 0 Å². The first kappa shape index (κ1) is 16.7. The van der Waals surface area contributed by atoms with E-state index in [1.165, 1.54) is 0 Å². The maximum atomic E-state index is 3.36. The lowest BCUT2D eigenvalue weighted by Crippen LogP contribution is -2.00. The van der Waals surface area contributed by atoms with Crippen molar-refractivity contribution in [3.05, 3.63) is 24.9 Å². The molecule has 0 aliphatic rings. The average Bonchev–Trinajstić information content (AvgIpc) is 2.06. The van der Waals surface area contributed by atoms with Crippen LogP contribution in [0.15, 0.2) is 24.9 Å². The average molecular weight is 157 g/mol. The molecule has 0 aliphatic heterocycles. The van der Waals surface area contributed by atoms with Crippen LogP contribution in [-0.4, -0.2) is 6.54 Å². The van der Waals surface area contributed by atoms with Crippen LogP contribution in [0.1, 0.15) is 34.6 Å². The van der Waals surface area contributed by atoms with Gasteiger partial charge in [0, 0.05) is 6.54 Å². The van der Waals surface area contributed by atoms with E-state index in [4.69, 9.17) is 0 Å². The summed E-state index contributed by atoms with van der Waals surface area (Å²) in [5, 5.41) is 3.02. The van der Waals surface area contributed by atoms with Crippen LogP contribution in [0.4, 0.5) is 0 Å². The number of hydrogen-bond acceptors (Lipinski definition) is 1. The van der Waals surface area contributed by atoms with Gasteiger partial charge in [-0.15, -0.1) is 6.58 Å². The zero-order valence-corrected chi connectivity index (χ0v) is 8.65. The Morgan fingerprint density at radius 1 is 1.27 bits per heavy atom. The molecule has 0 rings (SSSR count). The van der Waals surface area contributed by atoms with Crippen molar-refractivity contribution in [3.63, 3.8) is 0 Å². The molecule has 0 saturated carbocycles. The third kappa shape index (κ3) is 94.6. The fraction of sp³-hybridized carbons (Fsp3) is 0.600. The molecule has 0 aromatic carbocycles. The summed E-state index contributed by atoms with van der Waals surface area (Å²) >= 11 is 0. The number of rotatable bonds is 2. The monoisotopic (exact) mass is 157 g/mol. The lowest BCUT2D eigenvalue weighted by atomic mass is 10.6. The van der Waals surface area contributed by atoms with E-state index in [1.54, 1.807) is 6.08 Å². The normalized spacial score (nSPS) is 7.00. The Hall–Kier alpha value is -0.720. The van der Waals surface area contributed by atoms with Gasteiger partial charge in [-0.3, -0.25) is 0 Å². The Labute approximate surface area is 72.2 Å². The molecule has 11 heavy (non-hydrogen) atoms. The zero-order chi connectivity index (χ0) is 9.54. The van der Waals surface area contributed by atoms with Crippen molar-refractivity contribution >= 4 is 0 Å². The van der Waals surface area contributed by atoms with Gasteiger partial charge >= 0.3 is 0 Å². The molecule has 0 aromatic heterocycles. The van der Waals surface area contributed by atoms with Crippen molar-refractivity contribution in [1.82, 2.24) is 5.32 Å². The predicted molar refractivity (Wildman–Crippen MR) is 55.7 cm³/mol. The Bertz CT molecular complexity index is 65.3. The summed E-state index contributed by atoms with van der Waals surface area (Å²) in [7, 11) is 0. The van der Waals surface area contributed by atoms with Crippen molar-refractivity contribution in [3.8, 4) is 0 Å². The molecule has 68 valence electrons. The Morgan fingerprint density at radius 2 is 1.64 bits per heavy atom. The highest BCUT2D eigenvalue weighted by atomic mass is 14.8. The van der Waals surface area contributed by atoms with E-state index in [0.29, 0.717) is 0 Å². The molecule has 0 amide bonds. The van der Waals surface area contributed by atoms with Crippen molar-refractivity contribution in [1.29, 1.82) is 0 Å².